The standard InChI is InChI=1S/C18H22N6O.C2HF3O2/c1-14-2-3-16(22-21-14)24-11-6-18(13-24)4-9-23(10-5-18)17(25)15-12-19-7-8-20-15;3-2(4,5)1(6)7/h2-3,7-8,12H,4-6,9-11,13H2,1H3;(H,6,7). The van der Waals surface area contributed by atoms with Crippen molar-refractivity contribution in [1.29, 1.82) is 0 Å². The van der Waals surface area contributed by atoms with Crippen LogP contribution in [0.1, 0.15) is 35.4 Å². The Morgan fingerprint density at radius 2 is 1.72 bits per heavy atom. The molecule has 0 aromatic carbocycles. The molecular weight excluding hydrogens is 429 g/mol. The SMILES string of the molecule is Cc1ccc(N2CCC3(CCN(C(=O)c4cnccn4)CC3)C2)nn1.O=C(O)C(F)(F)F. The van der Waals surface area contributed by atoms with E-state index in [-0.39, 0.29) is 11.3 Å². The summed E-state index contributed by atoms with van der Waals surface area (Å²) >= 11 is 0. The Hall–Kier alpha value is -3.31. The van der Waals surface area contributed by atoms with E-state index in [1.807, 2.05) is 24.0 Å². The number of aliphatic carboxylic acids is 1. The fraction of sp³-hybridized carbons (Fsp3) is 0.500. The molecule has 2 fully saturated rings. The predicted molar refractivity (Wildman–Crippen MR) is 107 cm³/mol. The molecule has 9 nitrogen and oxygen atoms in total. The van der Waals surface area contributed by atoms with Gasteiger partial charge in [0.2, 0.25) is 0 Å². The monoisotopic (exact) mass is 452 g/mol. The van der Waals surface area contributed by atoms with Crippen LogP contribution >= 0.6 is 0 Å². The second-order valence-corrected chi connectivity index (χ2v) is 7.89. The van der Waals surface area contributed by atoms with E-state index in [2.05, 4.69) is 25.1 Å². The summed E-state index contributed by atoms with van der Waals surface area (Å²) < 4.78 is 31.7. The van der Waals surface area contributed by atoms with Crippen LogP contribution in [0.2, 0.25) is 0 Å². The number of amides is 1. The number of likely N-dealkylation sites (tertiary alicyclic amines) is 1. The summed E-state index contributed by atoms with van der Waals surface area (Å²) in [6, 6.07) is 4.06. The molecule has 2 aromatic heterocycles. The van der Waals surface area contributed by atoms with Gasteiger partial charge < -0.3 is 14.9 Å². The summed E-state index contributed by atoms with van der Waals surface area (Å²) in [5.74, 6) is -1.81. The maximum Gasteiger partial charge on any atom is 0.490 e. The maximum absolute atomic E-state index is 12.5. The molecular formula is C20H23F3N6O3. The molecule has 2 aromatic rings. The first-order valence-corrected chi connectivity index (χ1v) is 10.0. The Labute approximate surface area is 182 Å². The van der Waals surface area contributed by atoms with Crippen LogP contribution in [0.4, 0.5) is 19.0 Å². The minimum Gasteiger partial charge on any atom is -0.475 e. The van der Waals surface area contributed by atoms with Crippen molar-refractivity contribution in [2.45, 2.75) is 32.4 Å². The molecule has 4 rings (SSSR count). The fourth-order valence-electron chi connectivity index (χ4n) is 3.86. The molecule has 0 radical (unpaired) electrons. The van der Waals surface area contributed by atoms with Gasteiger partial charge in [0.05, 0.1) is 11.9 Å². The Balaban J connectivity index is 0.000000360. The van der Waals surface area contributed by atoms with Gasteiger partial charge in [0.1, 0.15) is 5.69 Å². The number of aromatic nitrogens is 4. The lowest BCUT2D eigenvalue weighted by Gasteiger charge is -2.39. The van der Waals surface area contributed by atoms with E-state index in [1.54, 1.807) is 18.6 Å². The smallest absolute Gasteiger partial charge is 0.475 e. The van der Waals surface area contributed by atoms with E-state index >= 15 is 0 Å². The van der Waals surface area contributed by atoms with Crippen molar-refractivity contribution in [1.82, 2.24) is 25.1 Å². The number of carboxylic acid groups (broad SMARTS) is 1. The van der Waals surface area contributed by atoms with E-state index < -0.39 is 12.1 Å². The van der Waals surface area contributed by atoms with Crippen molar-refractivity contribution in [2.75, 3.05) is 31.1 Å². The number of alkyl halides is 3. The second kappa shape index (κ2) is 9.45. The number of anilines is 1. The first-order chi connectivity index (χ1) is 15.1. The molecule has 2 aliphatic heterocycles. The van der Waals surface area contributed by atoms with Gasteiger partial charge in [-0.3, -0.25) is 9.78 Å². The zero-order chi connectivity index (χ0) is 23.4. The van der Waals surface area contributed by atoms with E-state index in [4.69, 9.17) is 9.90 Å². The van der Waals surface area contributed by atoms with E-state index in [0.29, 0.717) is 5.69 Å². The average molecular weight is 452 g/mol. The van der Waals surface area contributed by atoms with E-state index in [0.717, 1.165) is 57.0 Å². The minimum absolute atomic E-state index is 0.0118. The highest BCUT2D eigenvalue weighted by molar-refractivity contribution is 5.92. The molecule has 4 heterocycles. The van der Waals surface area contributed by atoms with Crippen LogP contribution < -0.4 is 4.90 Å². The minimum atomic E-state index is -5.08. The summed E-state index contributed by atoms with van der Waals surface area (Å²) in [6.45, 7) is 5.52. The highest BCUT2D eigenvalue weighted by Crippen LogP contribution is 2.41. The number of hydrogen-bond acceptors (Lipinski definition) is 7. The molecule has 0 bridgehead atoms. The number of nitrogens with zero attached hydrogens (tertiary/aromatic N) is 6. The lowest BCUT2D eigenvalue weighted by Crippen LogP contribution is -2.44. The number of carboxylic acids is 1. The maximum atomic E-state index is 12.5. The molecule has 172 valence electrons. The van der Waals surface area contributed by atoms with Gasteiger partial charge in [-0.05, 0) is 43.7 Å². The molecule has 32 heavy (non-hydrogen) atoms. The molecule has 2 aliphatic rings. The van der Waals surface area contributed by atoms with Gasteiger partial charge in [-0.1, -0.05) is 0 Å². The lowest BCUT2D eigenvalue weighted by atomic mass is 9.77. The van der Waals surface area contributed by atoms with Gasteiger partial charge in [-0.25, -0.2) is 9.78 Å². The summed E-state index contributed by atoms with van der Waals surface area (Å²) in [4.78, 5) is 33.8. The number of carbonyl (C=O) groups excluding carboxylic acids is 1. The number of piperidine rings is 1. The highest BCUT2D eigenvalue weighted by Gasteiger charge is 2.42. The van der Waals surface area contributed by atoms with Crippen LogP contribution in [0.25, 0.3) is 0 Å². The third kappa shape index (κ3) is 5.68. The fourth-order valence-corrected chi connectivity index (χ4v) is 3.86. The highest BCUT2D eigenvalue weighted by atomic mass is 19.4. The molecule has 0 atom stereocenters. The van der Waals surface area contributed by atoms with Crippen molar-refractivity contribution in [3.63, 3.8) is 0 Å². The van der Waals surface area contributed by atoms with Gasteiger partial charge in [-0.2, -0.15) is 18.3 Å². The van der Waals surface area contributed by atoms with Gasteiger partial charge in [0.15, 0.2) is 5.82 Å². The van der Waals surface area contributed by atoms with Crippen LogP contribution in [0.3, 0.4) is 0 Å². The van der Waals surface area contributed by atoms with E-state index in [9.17, 15) is 18.0 Å². The second-order valence-electron chi connectivity index (χ2n) is 7.89. The van der Waals surface area contributed by atoms with Crippen LogP contribution in [-0.2, 0) is 4.79 Å². The normalized spacial score (nSPS) is 17.6. The number of aryl methyl sites for hydroxylation is 1. The van der Waals surface area contributed by atoms with Crippen LogP contribution in [0, 0.1) is 12.3 Å². The van der Waals surface area contributed by atoms with E-state index in [1.165, 1.54) is 0 Å². The van der Waals surface area contributed by atoms with Gasteiger partial charge in [0, 0.05) is 38.6 Å². The molecule has 1 amide bonds. The van der Waals surface area contributed by atoms with Crippen LogP contribution in [0.15, 0.2) is 30.7 Å². The van der Waals surface area contributed by atoms with Gasteiger partial charge in [-0.15, -0.1) is 5.10 Å². The zero-order valence-electron chi connectivity index (χ0n) is 17.4. The Morgan fingerprint density at radius 1 is 1.06 bits per heavy atom. The third-order valence-corrected chi connectivity index (χ3v) is 5.68. The molecule has 2 saturated heterocycles. The van der Waals surface area contributed by atoms with Crippen LogP contribution in [-0.4, -0.2) is 74.4 Å². The Kier molecular flexibility index (Phi) is 6.90. The van der Waals surface area contributed by atoms with Crippen LogP contribution in [0.5, 0.6) is 0 Å². The predicted octanol–water partition coefficient (Wildman–Crippen LogP) is 2.34. The Morgan fingerprint density at radius 3 is 2.25 bits per heavy atom. The van der Waals surface area contributed by atoms with Crippen molar-refractivity contribution in [3.8, 4) is 0 Å². The molecule has 1 N–H and O–H groups in total. The third-order valence-electron chi connectivity index (χ3n) is 5.68. The number of hydrogen-bond donors (Lipinski definition) is 1. The quantitative estimate of drug-likeness (QED) is 0.739. The average Bonchev–Trinajstić information content (AvgIpc) is 3.18. The molecule has 0 unspecified atom stereocenters. The zero-order valence-corrected chi connectivity index (χ0v) is 17.4. The van der Waals surface area contributed by atoms with Gasteiger partial charge >= 0.3 is 12.1 Å². The van der Waals surface area contributed by atoms with Crippen molar-refractivity contribution in [2.24, 2.45) is 5.41 Å². The largest absolute Gasteiger partial charge is 0.490 e. The van der Waals surface area contributed by atoms with Gasteiger partial charge in [0.25, 0.3) is 5.91 Å². The molecule has 0 aliphatic carbocycles. The first-order valence-electron chi connectivity index (χ1n) is 10.0. The molecule has 1 spiro atoms. The number of halogens is 3. The first kappa shape index (κ1) is 23.4. The summed E-state index contributed by atoms with van der Waals surface area (Å²) in [5, 5.41) is 15.6. The number of rotatable bonds is 2. The molecule has 12 heteroatoms. The summed E-state index contributed by atoms with van der Waals surface area (Å²) in [7, 11) is 0. The lowest BCUT2D eigenvalue weighted by molar-refractivity contribution is -0.192. The van der Waals surface area contributed by atoms with Crippen molar-refractivity contribution < 1.29 is 27.9 Å². The Bertz CT molecular complexity index is 932. The molecule has 0 saturated carbocycles. The summed E-state index contributed by atoms with van der Waals surface area (Å²) in [5.41, 5.74) is 1.65. The van der Waals surface area contributed by atoms with Crippen molar-refractivity contribution in [3.05, 3.63) is 42.1 Å². The number of carbonyl (C=O) groups is 2. The van der Waals surface area contributed by atoms with Crippen molar-refractivity contribution >= 4 is 17.7 Å². The summed E-state index contributed by atoms with van der Waals surface area (Å²) in [6.07, 6.45) is 2.80. The topological polar surface area (TPSA) is 112 Å².